The zero-order valence-electron chi connectivity index (χ0n) is 11.5. The van der Waals surface area contributed by atoms with E-state index in [0.717, 1.165) is 5.75 Å². The molecule has 0 spiro atoms. The summed E-state index contributed by atoms with van der Waals surface area (Å²) in [6.07, 6.45) is 0. The maximum atomic E-state index is 10.8. The molecule has 0 unspecified atom stereocenters. The lowest BCUT2D eigenvalue weighted by Crippen LogP contribution is -2.09. The van der Waals surface area contributed by atoms with Crippen molar-refractivity contribution in [2.45, 2.75) is 6.92 Å². The molecule has 2 aromatic carbocycles. The van der Waals surface area contributed by atoms with E-state index in [1.54, 1.807) is 0 Å². The first kappa shape index (κ1) is 15.2. The van der Waals surface area contributed by atoms with Crippen molar-refractivity contribution < 1.29 is 19.4 Å². The van der Waals surface area contributed by atoms with Crippen molar-refractivity contribution in [3.63, 3.8) is 0 Å². The molecule has 0 fully saturated rings. The first-order valence-electron chi connectivity index (χ1n) is 6.41. The van der Waals surface area contributed by atoms with Crippen molar-refractivity contribution in [3.8, 4) is 11.5 Å². The molecule has 0 amide bonds. The largest absolute Gasteiger partial charge is 0.490 e. The molecule has 0 saturated carbocycles. The minimum Gasteiger partial charge on any atom is -0.490 e. The number of hydrogen-bond acceptors (Lipinski definition) is 3. The highest BCUT2D eigenvalue weighted by Gasteiger charge is 2.07. The van der Waals surface area contributed by atoms with E-state index in [1.165, 1.54) is 23.8 Å². The Morgan fingerprint density at radius 2 is 1.76 bits per heavy atom. The fourth-order valence-electron chi connectivity index (χ4n) is 1.70. The Morgan fingerprint density at radius 1 is 1.10 bits per heavy atom. The summed E-state index contributed by atoms with van der Waals surface area (Å²) in [5.41, 5.74) is 1.30. The van der Waals surface area contributed by atoms with E-state index in [-0.39, 0.29) is 10.6 Å². The number of aryl methyl sites for hydroxylation is 1. The Kier molecular flexibility index (Phi) is 5.06. The molecule has 0 bridgehead atoms. The van der Waals surface area contributed by atoms with E-state index in [1.807, 2.05) is 31.2 Å². The summed E-state index contributed by atoms with van der Waals surface area (Å²) in [6.45, 7) is 2.70. The molecule has 0 aliphatic heterocycles. The van der Waals surface area contributed by atoms with Crippen LogP contribution in [-0.2, 0) is 0 Å². The Hall–Kier alpha value is -2.20. The van der Waals surface area contributed by atoms with Crippen LogP contribution in [0.2, 0.25) is 5.02 Å². The maximum Gasteiger partial charge on any atom is 0.335 e. The van der Waals surface area contributed by atoms with Gasteiger partial charge in [-0.05, 0) is 37.3 Å². The molecule has 0 aliphatic carbocycles. The molecule has 110 valence electrons. The van der Waals surface area contributed by atoms with Crippen LogP contribution in [0, 0.1) is 6.92 Å². The van der Waals surface area contributed by atoms with Crippen molar-refractivity contribution in [2.24, 2.45) is 0 Å². The monoisotopic (exact) mass is 306 g/mol. The van der Waals surface area contributed by atoms with Gasteiger partial charge < -0.3 is 14.6 Å². The van der Waals surface area contributed by atoms with Gasteiger partial charge in [0.25, 0.3) is 0 Å². The molecule has 2 rings (SSSR count). The molecule has 0 radical (unpaired) electrons. The number of carboxylic acid groups (broad SMARTS) is 1. The predicted octanol–water partition coefficient (Wildman–Crippen LogP) is 3.80. The smallest absolute Gasteiger partial charge is 0.335 e. The van der Waals surface area contributed by atoms with Gasteiger partial charge in [-0.1, -0.05) is 29.3 Å². The van der Waals surface area contributed by atoms with Crippen LogP contribution in [0.3, 0.4) is 0 Å². The third kappa shape index (κ3) is 4.39. The van der Waals surface area contributed by atoms with E-state index < -0.39 is 5.97 Å². The summed E-state index contributed by atoms with van der Waals surface area (Å²) in [7, 11) is 0. The number of hydrogen-bond donors (Lipinski definition) is 1. The van der Waals surface area contributed by atoms with Crippen LogP contribution in [0.15, 0.2) is 42.5 Å². The highest BCUT2D eigenvalue weighted by Crippen LogP contribution is 2.25. The van der Waals surface area contributed by atoms with Gasteiger partial charge >= 0.3 is 5.97 Å². The Balaban J connectivity index is 1.83. The molecule has 5 heteroatoms. The Labute approximate surface area is 127 Å². The lowest BCUT2D eigenvalue weighted by molar-refractivity contribution is 0.0697. The summed E-state index contributed by atoms with van der Waals surface area (Å²) in [5, 5.41) is 9.11. The molecule has 0 aliphatic rings. The van der Waals surface area contributed by atoms with Crippen molar-refractivity contribution in [1.82, 2.24) is 0 Å². The van der Waals surface area contributed by atoms with Gasteiger partial charge in [-0.3, -0.25) is 0 Å². The predicted molar refractivity (Wildman–Crippen MR) is 80.6 cm³/mol. The lowest BCUT2D eigenvalue weighted by atomic mass is 10.2. The third-order valence-electron chi connectivity index (χ3n) is 2.81. The molecule has 0 aromatic heterocycles. The SMILES string of the molecule is Cc1ccc(OCCOc2ccc(C(=O)O)cc2Cl)cc1. The topological polar surface area (TPSA) is 55.8 Å². The second kappa shape index (κ2) is 6.99. The molecule has 1 N–H and O–H groups in total. The third-order valence-corrected chi connectivity index (χ3v) is 3.10. The highest BCUT2D eigenvalue weighted by atomic mass is 35.5. The van der Waals surface area contributed by atoms with Gasteiger partial charge in [-0.2, -0.15) is 0 Å². The second-order valence-electron chi connectivity index (χ2n) is 4.46. The maximum absolute atomic E-state index is 10.8. The van der Waals surface area contributed by atoms with Crippen molar-refractivity contribution in [3.05, 3.63) is 58.6 Å². The van der Waals surface area contributed by atoms with Gasteiger partial charge in [-0.25, -0.2) is 4.79 Å². The molecular weight excluding hydrogens is 292 g/mol. The standard InChI is InChI=1S/C16H15ClO4/c1-11-2-5-13(6-3-11)20-8-9-21-15-7-4-12(16(18)19)10-14(15)17/h2-7,10H,8-9H2,1H3,(H,18,19). The zero-order valence-corrected chi connectivity index (χ0v) is 12.3. The van der Waals surface area contributed by atoms with Crippen LogP contribution in [-0.4, -0.2) is 24.3 Å². The first-order valence-corrected chi connectivity index (χ1v) is 6.79. The minimum absolute atomic E-state index is 0.128. The molecule has 0 saturated heterocycles. The van der Waals surface area contributed by atoms with E-state index in [2.05, 4.69) is 0 Å². The quantitative estimate of drug-likeness (QED) is 0.825. The van der Waals surface area contributed by atoms with Crippen LogP contribution in [0.25, 0.3) is 0 Å². The van der Waals surface area contributed by atoms with Crippen LogP contribution in [0.1, 0.15) is 15.9 Å². The van der Waals surface area contributed by atoms with E-state index in [0.29, 0.717) is 19.0 Å². The van der Waals surface area contributed by atoms with Crippen molar-refractivity contribution in [2.75, 3.05) is 13.2 Å². The second-order valence-corrected chi connectivity index (χ2v) is 4.87. The van der Waals surface area contributed by atoms with E-state index >= 15 is 0 Å². The first-order chi connectivity index (χ1) is 10.1. The number of aromatic carboxylic acids is 1. The van der Waals surface area contributed by atoms with Crippen LogP contribution in [0.5, 0.6) is 11.5 Å². The lowest BCUT2D eigenvalue weighted by Gasteiger charge is -2.10. The summed E-state index contributed by atoms with van der Waals surface area (Å²) in [5.74, 6) is 0.192. The van der Waals surface area contributed by atoms with Gasteiger partial charge in [0, 0.05) is 0 Å². The highest BCUT2D eigenvalue weighted by molar-refractivity contribution is 6.32. The number of carbonyl (C=O) groups is 1. The molecule has 2 aromatic rings. The number of ether oxygens (including phenoxy) is 2. The number of carboxylic acids is 1. The average Bonchev–Trinajstić information content (AvgIpc) is 2.46. The summed E-state index contributed by atoms with van der Waals surface area (Å²) in [6, 6.07) is 12.1. The molecule has 0 heterocycles. The molecule has 21 heavy (non-hydrogen) atoms. The fourth-order valence-corrected chi connectivity index (χ4v) is 1.93. The summed E-state index contributed by atoms with van der Waals surface area (Å²) in [4.78, 5) is 10.8. The molecule has 4 nitrogen and oxygen atoms in total. The van der Waals surface area contributed by atoms with Gasteiger partial charge in [0.1, 0.15) is 24.7 Å². The van der Waals surface area contributed by atoms with Gasteiger partial charge in [0.2, 0.25) is 0 Å². The van der Waals surface area contributed by atoms with Gasteiger partial charge in [0.05, 0.1) is 10.6 Å². The number of rotatable bonds is 6. The summed E-state index contributed by atoms with van der Waals surface area (Å²) >= 11 is 5.96. The fraction of sp³-hybridized carbons (Fsp3) is 0.188. The average molecular weight is 307 g/mol. The Bertz CT molecular complexity index is 623. The van der Waals surface area contributed by atoms with Gasteiger partial charge in [0.15, 0.2) is 0 Å². The van der Waals surface area contributed by atoms with Crippen molar-refractivity contribution >= 4 is 17.6 Å². The zero-order chi connectivity index (χ0) is 15.2. The van der Waals surface area contributed by atoms with Crippen molar-refractivity contribution in [1.29, 1.82) is 0 Å². The molecular formula is C16H15ClO4. The summed E-state index contributed by atoms with van der Waals surface area (Å²) < 4.78 is 11.0. The van der Waals surface area contributed by atoms with Crippen LogP contribution in [0.4, 0.5) is 0 Å². The normalized spacial score (nSPS) is 10.2. The molecule has 0 atom stereocenters. The van der Waals surface area contributed by atoms with E-state index in [4.69, 9.17) is 26.2 Å². The van der Waals surface area contributed by atoms with Gasteiger partial charge in [-0.15, -0.1) is 0 Å². The Morgan fingerprint density at radius 3 is 2.38 bits per heavy atom. The number of benzene rings is 2. The van der Waals surface area contributed by atoms with E-state index in [9.17, 15) is 4.79 Å². The minimum atomic E-state index is -1.02. The van der Waals surface area contributed by atoms with Crippen LogP contribution < -0.4 is 9.47 Å². The number of halogens is 1. The van der Waals surface area contributed by atoms with Crippen LogP contribution >= 0.6 is 11.6 Å².